The second-order valence-electron chi connectivity index (χ2n) is 8.06. The van der Waals surface area contributed by atoms with Crippen LogP contribution in [0.5, 0.6) is 0 Å². The van der Waals surface area contributed by atoms with Crippen molar-refractivity contribution in [1.82, 2.24) is 19.8 Å². The highest BCUT2D eigenvalue weighted by Crippen LogP contribution is 2.26. The lowest BCUT2D eigenvalue weighted by Gasteiger charge is -2.35. The van der Waals surface area contributed by atoms with Crippen molar-refractivity contribution in [2.24, 2.45) is 0 Å². The molecule has 1 unspecified atom stereocenters. The zero-order valence-electron chi connectivity index (χ0n) is 17.2. The van der Waals surface area contributed by atoms with E-state index >= 15 is 0 Å². The van der Waals surface area contributed by atoms with Gasteiger partial charge in [0, 0.05) is 25.7 Å². The average Bonchev–Trinajstić information content (AvgIpc) is 3.17. The van der Waals surface area contributed by atoms with Crippen LogP contribution >= 0.6 is 0 Å². The third kappa shape index (κ3) is 4.07. The Kier molecular flexibility index (Phi) is 5.97. The van der Waals surface area contributed by atoms with Gasteiger partial charge in [0.1, 0.15) is 5.69 Å². The van der Waals surface area contributed by atoms with E-state index in [0.29, 0.717) is 18.1 Å². The molecule has 29 heavy (non-hydrogen) atoms. The summed E-state index contributed by atoms with van der Waals surface area (Å²) in [5, 5.41) is 2.97. The second-order valence-corrected chi connectivity index (χ2v) is 8.06. The summed E-state index contributed by atoms with van der Waals surface area (Å²) in [6.45, 7) is 4.14. The maximum atomic E-state index is 13.4. The van der Waals surface area contributed by atoms with Gasteiger partial charge in [0.25, 0.3) is 11.8 Å². The number of imidazole rings is 1. The molecule has 4 rings (SSSR count). The Labute approximate surface area is 172 Å². The van der Waals surface area contributed by atoms with E-state index in [4.69, 9.17) is 0 Å². The van der Waals surface area contributed by atoms with Gasteiger partial charge >= 0.3 is 0 Å². The number of likely N-dealkylation sites (tertiary alicyclic amines) is 1. The number of amides is 2. The molecule has 1 saturated heterocycles. The van der Waals surface area contributed by atoms with Gasteiger partial charge in [-0.1, -0.05) is 37.3 Å². The molecule has 3 heterocycles. The van der Waals surface area contributed by atoms with E-state index in [9.17, 15) is 9.59 Å². The fraction of sp³-hybridized carbons (Fsp3) is 0.522. The van der Waals surface area contributed by atoms with Gasteiger partial charge < -0.3 is 14.8 Å². The van der Waals surface area contributed by atoms with Crippen LogP contribution in [0.15, 0.2) is 30.3 Å². The van der Waals surface area contributed by atoms with E-state index in [0.717, 1.165) is 62.9 Å². The molecule has 1 aromatic carbocycles. The number of carbonyl (C=O) groups is 2. The molecule has 0 saturated carbocycles. The third-order valence-electron chi connectivity index (χ3n) is 6.18. The van der Waals surface area contributed by atoms with E-state index < -0.39 is 0 Å². The Bertz CT molecular complexity index is 875. The molecular formula is C23H30N4O2. The highest BCUT2D eigenvalue weighted by Gasteiger charge is 2.33. The molecule has 1 atom stereocenters. The monoisotopic (exact) mass is 394 g/mol. The number of rotatable bonds is 5. The first kappa shape index (κ1) is 19.7. The molecule has 154 valence electrons. The first-order chi connectivity index (χ1) is 14.2. The molecule has 1 N–H and O–H groups in total. The largest absolute Gasteiger partial charge is 0.345 e. The highest BCUT2D eigenvalue weighted by molar-refractivity contribution is 5.97. The maximum absolute atomic E-state index is 13.4. The van der Waals surface area contributed by atoms with Crippen LogP contribution in [0.3, 0.4) is 0 Å². The molecule has 1 aromatic heterocycles. The number of nitrogens with one attached hydrogen (secondary N) is 1. The Morgan fingerprint density at radius 3 is 2.69 bits per heavy atom. The van der Waals surface area contributed by atoms with Crippen LogP contribution in [-0.2, 0) is 19.5 Å². The quantitative estimate of drug-likeness (QED) is 0.843. The van der Waals surface area contributed by atoms with E-state index in [1.165, 1.54) is 6.42 Å². The number of nitrogens with zero attached hydrogens (tertiary/aromatic N) is 3. The summed E-state index contributed by atoms with van der Waals surface area (Å²) in [4.78, 5) is 32.9. The number of aromatic nitrogens is 2. The Hall–Kier alpha value is -2.63. The maximum Gasteiger partial charge on any atom is 0.287 e. The molecule has 0 radical (unpaired) electrons. The van der Waals surface area contributed by atoms with Crippen LogP contribution in [0.25, 0.3) is 0 Å². The van der Waals surface area contributed by atoms with Crippen molar-refractivity contribution < 1.29 is 9.59 Å². The van der Waals surface area contributed by atoms with Crippen molar-refractivity contribution in [1.29, 1.82) is 0 Å². The molecule has 6 nitrogen and oxygen atoms in total. The molecule has 2 aliphatic heterocycles. The zero-order valence-corrected chi connectivity index (χ0v) is 17.2. The molecule has 1 fully saturated rings. The third-order valence-corrected chi connectivity index (χ3v) is 6.18. The standard InChI is InChI=1S/C23H30N4O2/c1-2-18-12-6-8-14-26(18)23(29)20-19-13-7-9-15-27(19)21(25-20)22(28)24-16-17-10-4-3-5-11-17/h3-5,10-11,18H,2,6-9,12-16H2,1H3,(H,24,28). The predicted molar refractivity (Wildman–Crippen MR) is 112 cm³/mol. The van der Waals surface area contributed by atoms with Crippen LogP contribution in [0.1, 0.15) is 77.8 Å². The van der Waals surface area contributed by atoms with Crippen molar-refractivity contribution in [3.8, 4) is 0 Å². The Morgan fingerprint density at radius 2 is 1.90 bits per heavy atom. The van der Waals surface area contributed by atoms with Crippen molar-refractivity contribution in [3.05, 3.63) is 53.1 Å². The van der Waals surface area contributed by atoms with Crippen molar-refractivity contribution >= 4 is 11.8 Å². The summed E-state index contributed by atoms with van der Waals surface area (Å²) >= 11 is 0. The number of carbonyl (C=O) groups excluding carboxylic acids is 2. The van der Waals surface area contributed by atoms with Crippen LogP contribution < -0.4 is 5.32 Å². The lowest BCUT2D eigenvalue weighted by atomic mass is 9.99. The van der Waals surface area contributed by atoms with Crippen LogP contribution in [0, 0.1) is 0 Å². The number of fused-ring (bicyclic) bond motifs is 1. The SMILES string of the molecule is CCC1CCCCN1C(=O)c1nc(C(=O)NCc2ccccc2)n2c1CCCC2. The van der Waals surface area contributed by atoms with E-state index in [1.807, 2.05) is 39.8 Å². The van der Waals surface area contributed by atoms with Crippen molar-refractivity contribution in [2.45, 2.75) is 71.0 Å². The highest BCUT2D eigenvalue weighted by atomic mass is 16.2. The number of benzene rings is 1. The normalized spacial score (nSPS) is 18.9. The number of piperidine rings is 1. The minimum absolute atomic E-state index is 0.00399. The number of hydrogen-bond donors (Lipinski definition) is 1. The van der Waals surface area contributed by atoms with E-state index in [2.05, 4.69) is 17.2 Å². The number of hydrogen-bond acceptors (Lipinski definition) is 3. The fourth-order valence-corrected chi connectivity index (χ4v) is 4.57. The lowest BCUT2D eigenvalue weighted by molar-refractivity contribution is 0.0600. The lowest BCUT2D eigenvalue weighted by Crippen LogP contribution is -2.44. The van der Waals surface area contributed by atoms with Gasteiger partial charge in [-0.3, -0.25) is 9.59 Å². The van der Waals surface area contributed by atoms with Crippen LogP contribution in [-0.4, -0.2) is 38.9 Å². The smallest absolute Gasteiger partial charge is 0.287 e. The molecule has 2 aliphatic rings. The summed E-state index contributed by atoms with van der Waals surface area (Å²) < 4.78 is 1.97. The fourth-order valence-electron chi connectivity index (χ4n) is 4.57. The van der Waals surface area contributed by atoms with E-state index in [1.54, 1.807) is 0 Å². The first-order valence-electron chi connectivity index (χ1n) is 10.9. The second kappa shape index (κ2) is 8.80. The molecule has 6 heteroatoms. The molecule has 0 spiro atoms. The minimum Gasteiger partial charge on any atom is -0.345 e. The van der Waals surface area contributed by atoms with Gasteiger partial charge in [-0.05, 0) is 50.5 Å². The van der Waals surface area contributed by atoms with Crippen LogP contribution in [0.2, 0.25) is 0 Å². The predicted octanol–water partition coefficient (Wildman–Crippen LogP) is 3.55. The summed E-state index contributed by atoms with van der Waals surface area (Å²) in [5.41, 5.74) is 2.48. The summed E-state index contributed by atoms with van der Waals surface area (Å²) in [7, 11) is 0. The first-order valence-corrected chi connectivity index (χ1v) is 10.9. The minimum atomic E-state index is -0.207. The van der Waals surface area contributed by atoms with Gasteiger partial charge in [-0.25, -0.2) is 4.98 Å². The van der Waals surface area contributed by atoms with Crippen molar-refractivity contribution in [2.75, 3.05) is 6.54 Å². The topological polar surface area (TPSA) is 67.2 Å². The van der Waals surface area contributed by atoms with Gasteiger partial charge in [-0.15, -0.1) is 0 Å². The molecule has 2 aromatic rings. The summed E-state index contributed by atoms with van der Waals surface area (Å²) in [6.07, 6.45) is 7.10. The molecule has 0 aliphatic carbocycles. The van der Waals surface area contributed by atoms with Gasteiger partial charge in [-0.2, -0.15) is 0 Å². The average molecular weight is 395 g/mol. The van der Waals surface area contributed by atoms with Gasteiger partial charge in [0.2, 0.25) is 0 Å². The van der Waals surface area contributed by atoms with Crippen LogP contribution in [0.4, 0.5) is 0 Å². The van der Waals surface area contributed by atoms with E-state index in [-0.39, 0.29) is 17.9 Å². The molecular weight excluding hydrogens is 364 g/mol. The Balaban J connectivity index is 1.58. The summed E-state index contributed by atoms with van der Waals surface area (Å²) in [5.74, 6) is 0.176. The summed E-state index contributed by atoms with van der Waals surface area (Å²) in [6, 6.07) is 10.1. The van der Waals surface area contributed by atoms with Crippen molar-refractivity contribution in [3.63, 3.8) is 0 Å². The van der Waals surface area contributed by atoms with Gasteiger partial charge in [0.05, 0.1) is 5.69 Å². The Morgan fingerprint density at radius 1 is 1.10 bits per heavy atom. The molecule has 2 amide bonds. The zero-order chi connectivity index (χ0) is 20.2. The van der Waals surface area contributed by atoms with Gasteiger partial charge in [0.15, 0.2) is 5.82 Å². The molecule has 0 bridgehead atoms.